The summed E-state index contributed by atoms with van der Waals surface area (Å²) in [6.07, 6.45) is 8.66. The lowest BCUT2D eigenvalue weighted by Crippen LogP contribution is -2.50. The van der Waals surface area contributed by atoms with E-state index >= 15 is 0 Å². The number of aromatic nitrogens is 2. The van der Waals surface area contributed by atoms with Gasteiger partial charge < -0.3 is 4.90 Å². The van der Waals surface area contributed by atoms with Crippen LogP contribution in [0, 0.1) is 5.95 Å². The van der Waals surface area contributed by atoms with E-state index in [-0.39, 0.29) is 0 Å². The Labute approximate surface area is 130 Å². The maximum absolute atomic E-state index is 12.9. The Hall–Kier alpha value is -1.81. The van der Waals surface area contributed by atoms with Crippen molar-refractivity contribution in [1.82, 2.24) is 14.9 Å². The second-order valence-electron chi connectivity index (χ2n) is 6.57. The van der Waals surface area contributed by atoms with Crippen LogP contribution in [0.5, 0.6) is 0 Å². The lowest BCUT2D eigenvalue weighted by Gasteiger charge is -2.47. The maximum Gasteiger partial charge on any atom is 0.212 e. The number of fused-ring (bicyclic) bond motifs is 2. The smallest absolute Gasteiger partial charge is 0.212 e. The largest absolute Gasteiger partial charge is 0.302 e. The Morgan fingerprint density at radius 3 is 2.41 bits per heavy atom. The summed E-state index contributed by atoms with van der Waals surface area (Å²) in [5.74, 6) is -0.455. The maximum atomic E-state index is 12.9. The van der Waals surface area contributed by atoms with Gasteiger partial charge in [-0.1, -0.05) is 6.07 Å². The molecule has 2 aromatic heterocycles. The van der Waals surface area contributed by atoms with Crippen LogP contribution in [0.1, 0.15) is 31.2 Å². The van der Waals surface area contributed by atoms with E-state index in [9.17, 15) is 4.39 Å². The highest BCUT2D eigenvalue weighted by atomic mass is 19.1. The first-order valence-corrected chi connectivity index (χ1v) is 8.06. The molecule has 0 amide bonds. The van der Waals surface area contributed by atoms with Gasteiger partial charge in [0, 0.05) is 29.9 Å². The molecule has 0 atom stereocenters. The van der Waals surface area contributed by atoms with Crippen molar-refractivity contribution >= 4 is 0 Å². The van der Waals surface area contributed by atoms with Gasteiger partial charge in [0.15, 0.2) is 0 Å². The van der Waals surface area contributed by atoms with E-state index in [4.69, 9.17) is 0 Å². The van der Waals surface area contributed by atoms with E-state index in [1.165, 1.54) is 56.9 Å². The predicted molar refractivity (Wildman–Crippen MR) is 84.0 cm³/mol. The first-order chi connectivity index (χ1) is 10.8. The van der Waals surface area contributed by atoms with Crippen molar-refractivity contribution in [3.63, 3.8) is 0 Å². The SMILES string of the molecule is Fc1ccc(-c2ccc(C34CCCN(CCC3)C4)cn2)cn1. The normalized spacial score (nSPS) is 27.6. The van der Waals surface area contributed by atoms with Crippen LogP contribution in [-0.4, -0.2) is 34.5 Å². The Morgan fingerprint density at radius 1 is 0.955 bits per heavy atom. The number of hydrogen-bond donors (Lipinski definition) is 0. The number of rotatable bonds is 2. The highest BCUT2D eigenvalue weighted by Gasteiger charge is 2.39. The van der Waals surface area contributed by atoms with Crippen LogP contribution >= 0.6 is 0 Å². The molecule has 2 aliphatic rings. The zero-order valence-electron chi connectivity index (χ0n) is 12.6. The second kappa shape index (κ2) is 5.43. The van der Waals surface area contributed by atoms with Gasteiger partial charge in [0.05, 0.1) is 5.69 Å². The zero-order chi connectivity index (χ0) is 15.0. The minimum atomic E-state index is -0.455. The van der Waals surface area contributed by atoms with E-state index < -0.39 is 5.95 Å². The predicted octanol–water partition coefficient (Wildman–Crippen LogP) is 3.41. The van der Waals surface area contributed by atoms with Crippen molar-refractivity contribution in [3.8, 4) is 11.3 Å². The summed E-state index contributed by atoms with van der Waals surface area (Å²) < 4.78 is 12.9. The molecule has 2 aliphatic heterocycles. The summed E-state index contributed by atoms with van der Waals surface area (Å²) in [6.45, 7) is 3.66. The van der Waals surface area contributed by atoms with Crippen LogP contribution in [0.4, 0.5) is 4.39 Å². The van der Waals surface area contributed by atoms with Gasteiger partial charge in [-0.25, -0.2) is 4.98 Å². The Balaban J connectivity index is 1.62. The average Bonchev–Trinajstić information content (AvgIpc) is 2.56. The molecule has 2 bridgehead atoms. The van der Waals surface area contributed by atoms with E-state index in [0.717, 1.165) is 11.3 Å². The Bertz CT molecular complexity index is 641. The van der Waals surface area contributed by atoms with E-state index in [0.29, 0.717) is 5.41 Å². The summed E-state index contributed by atoms with van der Waals surface area (Å²) in [4.78, 5) is 10.9. The van der Waals surface area contributed by atoms with Crippen LogP contribution in [0.15, 0.2) is 36.7 Å². The molecule has 0 saturated carbocycles. The number of hydrogen-bond acceptors (Lipinski definition) is 3. The molecule has 114 valence electrons. The molecule has 2 aromatic rings. The van der Waals surface area contributed by atoms with Crippen LogP contribution in [0.25, 0.3) is 11.3 Å². The average molecular weight is 297 g/mol. The fourth-order valence-electron chi connectivity index (χ4n) is 4.05. The van der Waals surface area contributed by atoms with Gasteiger partial charge in [-0.05, 0) is 62.5 Å². The number of pyridine rings is 2. The molecule has 0 spiro atoms. The summed E-state index contributed by atoms with van der Waals surface area (Å²) in [5, 5.41) is 0. The third-order valence-electron chi connectivity index (χ3n) is 5.18. The molecule has 4 heterocycles. The molecular weight excluding hydrogens is 277 g/mol. The number of nitrogens with zero attached hydrogens (tertiary/aromatic N) is 3. The summed E-state index contributed by atoms with van der Waals surface area (Å²) in [7, 11) is 0. The minimum absolute atomic E-state index is 0.295. The molecule has 22 heavy (non-hydrogen) atoms. The van der Waals surface area contributed by atoms with Crippen LogP contribution < -0.4 is 0 Å². The third-order valence-corrected chi connectivity index (χ3v) is 5.18. The van der Waals surface area contributed by atoms with Gasteiger partial charge in [-0.2, -0.15) is 4.39 Å². The van der Waals surface area contributed by atoms with Crippen molar-refractivity contribution < 1.29 is 4.39 Å². The zero-order valence-corrected chi connectivity index (χ0v) is 12.6. The van der Waals surface area contributed by atoms with Crippen molar-refractivity contribution in [1.29, 1.82) is 0 Å². The van der Waals surface area contributed by atoms with E-state index in [1.807, 2.05) is 12.3 Å². The summed E-state index contributed by atoms with van der Waals surface area (Å²) in [5.41, 5.74) is 3.37. The molecular formula is C18H20FN3. The first-order valence-electron chi connectivity index (χ1n) is 8.06. The molecule has 2 fully saturated rings. The monoisotopic (exact) mass is 297 g/mol. The molecule has 0 radical (unpaired) electrons. The van der Waals surface area contributed by atoms with Gasteiger partial charge >= 0.3 is 0 Å². The molecule has 0 unspecified atom stereocenters. The van der Waals surface area contributed by atoms with Crippen molar-refractivity contribution in [3.05, 3.63) is 48.2 Å². The molecule has 4 heteroatoms. The number of halogens is 1. The summed E-state index contributed by atoms with van der Waals surface area (Å²) in [6, 6.07) is 7.36. The first kappa shape index (κ1) is 13.8. The van der Waals surface area contributed by atoms with Crippen LogP contribution in [-0.2, 0) is 5.41 Å². The molecule has 3 nitrogen and oxygen atoms in total. The summed E-state index contributed by atoms with van der Waals surface area (Å²) >= 11 is 0. The standard InChI is InChI=1S/C18H20FN3/c19-17-6-3-14(11-21-17)16-5-4-15(12-20-16)18-7-1-9-22(13-18)10-2-8-18/h3-6,11-12H,1-2,7-10,13H2. The molecule has 0 aromatic carbocycles. The Kier molecular flexibility index (Phi) is 3.41. The van der Waals surface area contributed by atoms with E-state index in [1.54, 1.807) is 12.3 Å². The van der Waals surface area contributed by atoms with Gasteiger partial charge in [0.25, 0.3) is 0 Å². The lowest BCUT2D eigenvalue weighted by atomic mass is 9.69. The van der Waals surface area contributed by atoms with Crippen LogP contribution in [0.2, 0.25) is 0 Å². The molecule has 0 N–H and O–H groups in total. The fraction of sp³-hybridized carbons (Fsp3) is 0.444. The minimum Gasteiger partial charge on any atom is -0.302 e. The van der Waals surface area contributed by atoms with Gasteiger partial charge in [-0.3, -0.25) is 4.98 Å². The topological polar surface area (TPSA) is 29.0 Å². The highest BCUT2D eigenvalue weighted by molar-refractivity contribution is 5.57. The second-order valence-corrected chi connectivity index (χ2v) is 6.57. The van der Waals surface area contributed by atoms with Crippen molar-refractivity contribution in [2.45, 2.75) is 31.1 Å². The quantitative estimate of drug-likeness (QED) is 0.795. The highest BCUT2D eigenvalue weighted by Crippen LogP contribution is 2.41. The van der Waals surface area contributed by atoms with Crippen molar-refractivity contribution in [2.75, 3.05) is 19.6 Å². The van der Waals surface area contributed by atoms with Gasteiger partial charge in [-0.15, -0.1) is 0 Å². The molecule has 2 saturated heterocycles. The van der Waals surface area contributed by atoms with E-state index in [2.05, 4.69) is 20.9 Å². The van der Waals surface area contributed by atoms with Gasteiger partial charge in [0.1, 0.15) is 0 Å². The fourth-order valence-corrected chi connectivity index (χ4v) is 4.05. The molecule has 4 rings (SSSR count). The molecule has 0 aliphatic carbocycles. The van der Waals surface area contributed by atoms with Gasteiger partial charge in [0.2, 0.25) is 5.95 Å². The lowest BCUT2D eigenvalue weighted by molar-refractivity contribution is 0.0941. The number of piperidine rings is 2. The van der Waals surface area contributed by atoms with Crippen LogP contribution in [0.3, 0.4) is 0 Å². The van der Waals surface area contributed by atoms with Crippen molar-refractivity contribution in [2.24, 2.45) is 0 Å². The third kappa shape index (κ3) is 2.41. The Morgan fingerprint density at radius 2 is 1.77 bits per heavy atom.